The van der Waals surface area contributed by atoms with E-state index in [2.05, 4.69) is 115 Å². The molecule has 0 atom stereocenters. The van der Waals surface area contributed by atoms with Crippen molar-refractivity contribution in [2.24, 2.45) is 0 Å². The highest BCUT2D eigenvalue weighted by Gasteiger charge is 2.42. The molecule has 7 nitrogen and oxygen atoms in total. The molecule has 0 unspecified atom stereocenters. The van der Waals surface area contributed by atoms with Gasteiger partial charge in [0.15, 0.2) is 16.9 Å². The summed E-state index contributed by atoms with van der Waals surface area (Å²) in [6.07, 6.45) is 0. The van der Waals surface area contributed by atoms with Crippen molar-refractivity contribution in [3.05, 3.63) is 249 Å². The Morgan fingerprint density at radius 2 is 0.950 bits per heavy atom. The molecule has 0 fully saturated rings. The van der Waals surface area contributed by atoms with Crippen LogP contribution in [0.1, 0.15) is 38.9 Å². The van der Waals surface area contributed by atoms with E-state index < -0.39 is 11.1 Å². The molecule has 0 aliphatic rings. The number of fused-ring (bicyclic) bond motifs is 1. The Labute approximate surface area is 358 Å². The number of methoxy groups -OCH3 is 1. The van der Waals surface area contributed by atoms with Gasteiger partial charge in [-0.05, 0) is 39.4 Å². The number of nitrogens with one attached hydrogen (secondary N) is 1. The minimum Gasteiger partial charge on any atom is -0.496 e. The summed E-state index contributed by atoms with van der Waals surface area (Å²) < 4.78 is 14.4. The topological polar surface area (TPSA) is 74.1 Å². The second-order valence-corrected chi connectivity index (χ2v) is 15.1. The summed E-state index contributed by atoms with van der Waals surface area (Å²) in [5.74, 6) is 1.53. The van der Waals surface area contributed by atoms with E-state index in [0.29, 0.717) is 44.1 Å². The van der Waals surface area contributed by atoms with Gasteiger partial charge in [-0.3, -0.25) is 0 Å². The highest BCUT2D eigenvalue weighted by atomic mass is 35.5. The van der Waals surface area contributed by atoms with Crippen molar-refractivity contribution in [3.8, 4) is 11.5 Å². The number of benzene rings is 7. The summed E-state index contributed by atoms with van der Waals surface area (Å²) in [6.45, 7) is 0.0911. The molecule has 9 aromatic rings. The van der Waals surface area contributed by atoms with E-state index in [4.69, 9.17) is 48.0 Å². The molecule has 0 saturated heterocycles. The van der Waals surface area contributed by atoms with E-state index >= 15 is 0 Å². The Morgan fingerprint density at radius 3 is 1.38 bits per heavy atom. The largest absolute Gasteiger partial charge is 0.496 e. The molecule has 60 heavy (non-hydrogen) atoms. The number of rotatable bonds is 13. The van der Waals surface area contributed by atoms with Crippen molar-refractivity contribution in [1.29, 1.82) is 0 Å². The molecule has 0 radical (unpaired) electrons. The molecule has 7 aromatic carbocycles. The van der Waals surface area contributed by atoms with Crippen LogP contribution in [0.4, 0.5) is 5.82 Å². The van der Waals surface area contributed by atoms with Crippen LogP contribution in [-0.4, -0.2) is 27.1 Å². The summed E-state index contributed by atoms with van der Waals surface area (Å²) in [5, 5.41) is 14.6. The van der Waals surface area contributed by atoms with E-state index in [1.807, 2.05) is 83.5 Å². The monoisotopic (exact) mass is 823 g/mol. The molecule has 0 saturated carbocycles. The summed E-state index contributed by atoms with van der Waals surface area (Å²) >= 11 is 12.9. The average molecular weight is 825 g/mol. The SMILES string of the molecule is COc1cc(Cl)c(Cl)cc1COc1cc(NC(c2ccccc2)(c2ccccc2)c2ccccc2)nc2c1nnn2C(c1ccccc1)(c1ccccc1)c1ccccc1. The molecule has 0 aliphatic heterocycles. The van der Waals surface area contributed by atoms with Gasteiger partial charge >= 0.3 is 0 Å². The lowest BCUT2D eigenvalue weighted by Crippen LogP contribution is -2.39. The standard InChI is InChI=1S/C51H39Cl2N5O2/c1-59-45-33-44(53)43(52)32-36(45)35-60-46-34-47(55-50(37-20-8-2-9-21-37,38-22-10-3-11-23-38)39-24-12-4-13-25-39)54-49-48(46)56-57-58(49)51(40-26-14-5-15-27-40,41-28-16-6-17-29-41)42-30-18-7-19-31-42/h2-34H,35H2,1H3,(H,54,55). The van der Waals surface area contributed by atoms with E-state index in [1.165, 1.54) is 0 Å². The molecule has 0 amide bonds. The fourth-order valence-electron chi connectivity index (χ4n) is 8.18. The van der Waals surface area contributed by atoms with E-state index in [0.717, 1.165) is 33.4 Å². The predicted octanol–water partition coefficient (Wildman–Crippen LogP) is 12.0. The highest BCUT2D eigenvalue weighted by molar-refractivity contribution is 6.42. The maximum atomic E-state index is 6.78. The third-order valence-electron chi connectivity index (χ3n) is 10.9. The van der Waals surface area contributed by atoms with Gasteiger partial charge in [-0.1, -0.05) is 210 Å². The third kappa shape index (κ3) is 6.92. The molecule has 1 N–H and O–H groups in total. The van der Waals surface area contributed by atoms with E-state index in [1.54, 1.807) is 19.2 Å². The van der Waals surface area contributed by atoms with Gasteiger partial charge < -0.3 is 14.8 Å². The first-order chi connectivity index (χ1) is 29.5. The molecular weight excluding hydrogens is 785 g/mol. The predicted molar refractivity (Wildman–Crippen MR) is 240 cm³/mol. The lowest BCUT2D eigenvalue weighted by Gasteiger charge is -2.38. The van der Waals surface area contributed by atoms with Crippen molar-refractivity contribution >= 4 is 40.2 Å². The van der Waals surface area contributed by atoms with Crippen LogP contribution < -0.4 is 14.8 Å². The minimum absolute atomic E-state index is 0.0911. The van der Waals surface area contributed by atoms with Crippen molar-refractivity contribution in [2.45, 2.75) is 17.7 Å². The molecule has 9 rings (SSSR count). The van der Waals surface area contributed by atoms with Crippen molar-refractivity contribution in [1.82, 2.24) is 20.0 Å². The summed E-state index contributed by atoms with van der Waals surface area (Å²) in [5.41, 5.74) is 5.75. The van der Waals surface area contributed by atoms with Crippen LogP contribution in [0.15, 0.2) is 200 Å². The molecule has 2 aromatic heterocycles. The van der Waals surface area contributed by atoms with E-state index in [-0.39, 0.29) is 6.61 Å². The second kappa shape index (κ2) is 16.7. The van der Waals surface area contributed by atoms with E-state index in [9.17, 15) is 0 Å². The van der Waals surface area contributed by atoms with Gasteiger partial charge in [0.05, 0.1) is 17.2 Å². The number of halogens is 2. The Bertz CT molecular complexity index is 2650. The Balaban J connectivity index is 1.34. The molecule has 0 aliphatic carbocycles. The molecule has 2 heterocycles. The maximum Gasteiger partial charge on any atom is 0.185 e. The fourth-order valence-corrected chi connectivity index (χ4v) is 8.52. The Kier molecular flexibility index (Phi) is 10.8. The number of aromatic nitrogens is 4. The first-order valence-corrected chi connectivity index (χ1v) is 20.3. The quantitative estimate of drug-likeness (QED) is 0.117. The summed E-state index contributed by atoms with van der Waals surface area (Å²) in [4.78, 5) is 5.50. The Morgan fingerprint density at radius 1 is 0.533 bits per heavy atom. The van der Waals surface area contributed by atoms with Crippen LogP contribution >= 0.6 is 23.2 Å². The third-order valence-corrected chi connectivity index (χ3v) is 11.6. The van der Waals surface area contributed by atoms with Gasteiger partial charge in [-0.15, -0.1) is 5.10 Å². The number of hydrogen-bond acceptors (Lipinski definition) is 6. The maximum absolute atomic E-state index is 6.78. The average Bonchev–Trinajstić information content (AvgIpc) is 3.75. The van der Waals surface area contributed by atoms with Crippen LogP contribution in [0, 0.1) is 0 Å². The van der Waals surface area contributed by atoms with Crippen LogP contribution in [0.2, 0.25) is 10.0 Å². The van der Waals surface area contributed by atoms with Gasteiger partial charge in [-0.25, -0.2) is 9.67 Å². The lowest BCUT2D eigenvalue weighted by molar-refractivity contribution is 0.299. The van der Waals surface area contributed by atoms with Crippen LogP contribution in [0.25, 0.3) is 11.2 Å². The summed E-state index contributed by atoms with van der Waals surface area (Å²) in [7, 11) is 1.59. The zero-order valence-electron chi connectivity index (χ0n) is 32.6. The van der Waals surface area contributed by atoms with Crippen molar-refractivity contribution in [2.75, 3.05) is 12.4 Å². The zero-order chi connectivity index (χ0) is 40.9. The zero-order valence-corrected chi connectivity index (χ0v) is 34.1. The molecule has 294 valence electrons. The fraction of sp³-hybridized carbons (Fsp3) is 0.0784. The van der Waals surface area contributed by atoms with Gasteiger partial charge in [0.1, 0.15) is 29.3 Å². The van der Waals surface area contributed by atoms with Gasteiger partial charge in [0, 0.05) is 17.7 Å². The van der Waals surface area contributed by atoms with Crippen LogP contribution in [0.5, 0.6) is 11.5 Å². The van der Waals surface area contributed by atoms with Gasteiger partial charge in [0.2, 0.25) is 0 Å². The van der Waals surface area contributed by atoms with Crippen LogP contribution in [-0.2, 0) is 17.7 Å². The number of pyridine rings is 1. The molecule has 9 heteroatoms. The number of anilines is 1. The first-order valence-electron chi connectivity index (χ1n) is 19.6. The number of nitrogens with zero attached hydrogens (tertiary/aromatic N) is 4. The van der Waals surface area contributed by atoms with Gasteiger partial charge in [-0.2, -0.15) is 0 Å². The second-order valence-electron chi connectivity index (χ2n) is 14.3. The van der Waals surface area contributed by atoms with Crippen molar-refractivity contribution in [3.63, 3.8) is 0 Å². The highest BCUT2D eigenvalue weighted by Crippen LogP contribution is 2.45. The number of hydrogen-bond donors (Lipinski definition) is 1. The number of ether oxygens (including phenoxy) is 2. The minimum atomic E-state index is -1.01. The van der Waals surface area contributed by atoms with Crippen LogP contribution in [0.3, 0.4) is 0 Å². The van der Waals surface area contributed by atoms with Crippen molar-refractivity contribution < 1.29 is 9.47 Å². The first kappa shape index (κ1) is 38.6. The smallest absolute Gasteiger partial charge is 0.185 e. The molecule has 0 spiro atoms. The molecule has 0 bridgehead atoms. The molecular formula is C51H39Cl2N5O2. The normalized spacial score (nSPS) is 11.7. The summed E-state index contributed by atoms with van der Waals surface area (Å²) in [6, 6.07) is 67.6. The van der Waals surface area contributed by atoms with Gasteiger partial charge in [0.25, 0.3) is 0 Å². The lowest BCUT2D eigenvalue weighted by atomic mass is 9.77. The Hall–Kier alpha value is -6.93.